The van der Waals surface area contributed by atoms with Crippen molar-refractivity contribution in [3.63, 3.8) is 0 Å². The number of anilines is 1. The molecular weight excluding hydrogens is 274 g/mol. The Labute approximate surface area is 124 Å². The number of ether oxygens (including phenoxy) is 1. The van der Waals surface area contributed by atoms with Crippen LogP contribution in [0.1, 0.15) is 24.2 Å². The molecule has 0 aliphatic heterocycles. The molecule has 0 saturated heterocycles. The maximum Gasteiger partial charge on any atom is 0.282 e. The fraction of sp³-hybridized carbons (Fsp3) is 0.500. The Morgan fingerprint density at radius 1 is 1.48 bits per heavy atom. The number of nitro groups is 1. The first-order valence-corrected chi connectivity index (χ1v) is 6.68. The van der Waals surface area contributed by atoms with Crippen LogP contribution in [0.5, 0.6) is 0 Å². The summed E-state index contributed by atoms with van der Waals surface area (Å²) >= 11 is 0. The zero-order valence-corrected chi connectivity index (χ0v) is 12.8. The molecule has 0 bridgehead atoms. The molecular formula is C14H21N3O4. The Morgan fingerprint density at radius 3 is 2.62 bits per heavy atom. The maximum atomic E-state index is 12.6. The van der Waals surface area contributed by atoms with Gasteiger partial charge in [-0.05, 0) is 26.0 Å². The van der Waals surface area contributed by atoms with Crippen molar-refractivity contribution >= 4 is 17.3 Å². The normalized spacial score (nSPS) is 10.5. The van der Waals surface area contributed by atoms with Gasteiger partial charge in [0.1, 0.15) is 5.56 Å². The van der Waals surface area contributed by atoms with Crippen molar-refractivity contribution in [1.29, 1.82) is 0 Å². The molecule has 1 aromatic carbocycles. The number of methoxy groups -OCH3 is 1. The van der Waals surface area contributed by atoms with Crippen molar-refractivity contribution in [1.82, 2.24) is 4.90 Å². The van der Waals surface area contributed by atoms with E-state index in [0.717, 1.165) is 0 Å². The molecule has 21 heavy (non-hydrogen) atoms. The van der Waals surface area contributed by atoms with Gasteiger partial charge in [0.15, 0.2) is 0 Å². The second-order valence-electron chi connectivity index (χ2n) is 4.82. The van der Waals surface area contributed by atoms with Crippen molar-refractivity contribution < 1.29 is 14.5 Å². The van der Waals surface area contributed by atoms with Crippen LogP contribution in [0.25, 0.3) is 0 Å². The van der Waals surface area contributed by atoms with E-state index >= 15 is 0 Å². The minimum atomic E-state index is -0.540. The lowest BCUT2D eigenvalue weighted by Gasteiger charge is -2.26. The number of rotatable bonds is 7. The number of hydrogen-bond donors (Lipinski definition) is 1. The number of carbonyl (C=O) groups excluding carboxylic acids is 1. The second-order valence-corrected chi connectivity index (χ2v) is 4.82. The molecule has 0 aromatic heterocycles. The lowest BCUT2D eigenvalue weighted by atomic mass is 10.1. The molecule has 0 unspecified atom stereocenters. The molecule has 0 spiro atoms. The van der Waals surface area contributed by atoms with Crippen molar-refractivity contribution in [2.24, 2.45) is 0 Å². The first-order valence-electron chi connectivity index (χ1n) is 6.68. The average molecular weight is 295 g/mol. The molecule has 0 radical (unpaired) electrons. The van der Waals surface area contributed by atoms with E-state index in [9.17, 15) is 14.9 Å². The zero-order valence-electron chi connectivity index (χ0n) is 12.8. The van der Waals surface area contributed by atoms with E-state index in [-0.39, 0.29) is 23.2 Å². The molecule has 0 fully saturated rings. The third kappa shape index (κ3) is 4.16. The van der Waals surface area contributed by atoms with Gasteiger partial charge in [-0.3, -0.25) is 14.9 Å². The van der Waals surface area contributed by atoms with Gasteiger partial charge in [-0.15, -0.1) is 0 Å². The van der Waals surface area contributed by atoms with Crippen molar-refractivity contribution in [3.8, 4) is 0 Å². The maximum absolute atomic E-state index is 12.6. The van der Waals surface area contributed by atoms with Crippen LogP contribution in [-0.4, -0.2) is 49.1 Å². The van der Waals surface area contributed by atoms with E-state index < -0.39 is 4.92 Å². The smallest absolute Gasteiger partial charge is 0.282 e. The van der Waals surface area contributed by atoms with Gasteiger partial charge in [0.2, 0.25) is 0 Å². The van der Waals surface area contributed by atoms with Crippen LogP contribution < -0.4 is 5.32 Å². The van der Waals surface area contributed by atoms with Gasteiger partial charge in [-0.1, -0.05) is 0 Å². The van der Waals surface area contributed by atoms with Gasteiger partial charge >= 0.3 is 0 Å². The lowest BCUT2D eigenvalue weighted by molar-refractivity contribution is -0.385. The van der Waals surface area contributed by atoms with Crippen LogP contribution in [-0.2, 0) is 4.74 Å². The van der Waals surface area contributed by atoms with Crippen molar-refractivity contribution in [2.45, 2.75) is 19.9 Å². The van der Waals surface area contributed by atoms with Crippen LogP contribution in [0, 0.1) is 10.1 Å². The monoisotopic (exact) mass is 295 g/mol. The Morgan fingerprint density at radius 2 is 2.14 bits per heavy atom. The number of amides is 1. The van der Waals surface area contributed by atoms with Crippen LogP contribution in [0.2, 0.25) is 0 Å². The van der Waals surface area contributed by atoms with Crippen molar-refractivity contribution in [2.75, 3.05) is 32.6 Å². The van der Waals surface area contributed by atoms with E-state index in [1.807, 2.05) is 13.8 Å². The van der Waals surface area contributed by atoms with Crippen LogP contribution in [0.4, 0.5) is 11.4 Å². The molecule has 1 N–H and O–H groups in total. The van der Waals surface area contributed by atoms with E-state index in [4.69, 9.17) is 4.74 Å². The van der Waals surface area contributed by atoms with Gasteiger partial charge in [-0.2, -0.15) is 0 Å². The Hall–Kier alpha value is -2.15. The van der Waals surface area contributed by atoms with E-state index in [1.165, 1.54) is 12.1 Å². The van der Waals surface area contributed by atoms with Gasteiger partial charge in [0.05, 0.1) is 11.5 Å². The van der Waals surface area contributed by atoms with E-state index in [1.54, 1.807) is 25.1 Å². The number of carbonyl (C=O) groups is 1. The number of nitro benzene ring substituents is 1. The molecule has 7 heteroatoms. The molecule has 116 valence electrons. The zero-order chi connectivity index (χ0) is 16.0. The second kappa shape index (κ2) is 7.58. The Bertz CT molecular complexity index is 517. The molecule has 0 aliphatic rings. The van der Waals surface area contributed by atoms with Crippen LogP contribution in [0.15, 0.2) is 18.2 Å². The standard InChI is InChI=1S/C14H21N3O4/c1-10(2)16(7-8-21-4)14(18)12-9-11(15-3)5-6-13(12)17(19)20/h5-6,9-10,15H,7-8H2,1-4H3. The average Bonchev–Trinajstić information content (AvgIpc) is 2.46. The summed E-state index contributed by atoms with van der Waals surface area (Å²) in [6.07, 6.45) is 0. The summed E-state index contributed by atoms with van der Waals surface area (Å²) in [7, 11) is 3.24. The summed E-state index contributed by atoms with van der Waals surface area (Å²) in [4.78, 5) is 24.8. The number of nitrogens with one attached hydrogen (secondary N) is 1. The molecule has 0 aliphatic carbocycles. The molecule has 0 heterocycles. The molecule has 1 aromatic rings. The minimum absolute atomic E-state index is 0.0782. The predicted octanol–water partition coefficient (Wildman–Crippen LogP) is 2.13. The quantitative estimate of drug-likeness (QED) is 0.615. The molecule has 1 amide bonds. The van der Waals surface area contributed by atoms with Gasteiger partial charge in [0, 0.05) is 38.5 Å². The summed E-state index contributed by atoms with van der Waals surface area (Å²) in [6, 6.07) is 4.34. The molecule has 0 atom stereocenters. The van der Waals surface area contributed by atoms with Crippen LogP contribution >= 0.6 is 0 Å². The summed E-state index contributed by atoms with van der Waals surface area (Å²) < 4.78 is 4.99. The third-order valence-corrected chi connectivity index (χ3v) is 3.13. The number of nitrogens with zero attached hydrogens (tertiary/aromatic N) is 2. The highest BCUT2D eigenvalue weighted by Gasteiger charge is 2.26. The fourth-order valence-corrected chi connectivity index (χ4v) is 1.96. The summed E-state index contributed by atoms with van der Waals surface area (Å²) in [5.41, 5.74) is 0.540. The van der Waals surface area contributed by atoms with Crippen LogP contribution in [0.3, 0.4) is 0 Å². The van der Waals surface area contributed by atoms with Gasteiger partial charge in [0.25, 0.3) is 11.6 Å². The predicted molar refractivity (Wildman–Crippen MR) is 80.7 cm³/mol. The highest BCUT2D eigenvalue weighted by atomic mass is 16.6. The summed E-state index contributed by atoms with van der Waals surface area (Å²) in [6.45, 7) is 4.49. The summed E-state index contributed by atoms with van der Waals surface area (Å²) in [5, 5.41) is 14.0. The summed E-state index contributed by atoms with van der Waals surface area (Å²) in [5.74, 6) is -0.370. The van der Waals surface area contributed by atoms with E-state index in [0.29, 0.717) is 18.8 Å². The lowest BCUT2D eigenvalue weighted by Crippen LogP contribution is -2.39. The van der Waals surface area contributed by atoms with Crippen molar-refractivity contribution in [3.05, 3.63) is 33.9 Å². The molecule has 7 nitrogen and oxygen atoms in total. The SMILES string of the molecule is CNc1ccc([N+](=O)[O-])c(C(=O)N(CCOC)C(C)C)c1. The first-order chi connectivity index (χ1) is 9.92. The Kier molecular flexibility index (Phi) is 6.10. The minimum Gasteiger partial charge on any atom is -0.388 e. The fourth-order valence-electron chi connectivity index (χ4n) is 1.96. The highest BCUT2D eigenvalue weighted by Crippen LogP contribution is 2.24. The number of hydrogen-bond acceptors (Lipinski definition) is 5. The largest absolute Gasteiger partial charge is 0.388 e. The van der Waals surface area contributed by atoms with Gasteiger partial charge in [-0.25, -0.2) is 0 Å². The van der Waals surface area contributed by atoms with E-state index in [2.05, 4.69) is 5.32 Å². The topological polar surface area (TPSA) is 84.7 Å². The highest BCUT2D eigenvalue weighted by molar-refractivity contribution is 5.99. The number of benzene rings is 1. The molecule has 1 rings (SSSR count). The first kappa shape index (κ1) is 16.9. The third-order valence-electron chi connectivity index (χ3n) is 3.13. The Balaban J connectivity index is 3.21. The molecule has 0 saturated carbocycles. The van der Waals surface area contributed by atoms with Gasteiger partial charge < -0.3 is 15.0 Å².